The average molecular weight is 354 g/mol. The Morgan fingerprint density at radius 3 is 2.68 bits per heavy atom. The Morgan fingerprint density at radius 2 is 2.08 bits per heavy atom. The van der Waals surface area contributed by atoms with Crippen LogP contribution in [0.2, 0.25) is 0 Å². The highest BCUT2D eigenvalue weighted by Crippen LogP contribution is 2.45. The summed E-state index contributed by atoms with van der Waals surface area (Å²) in [7, 11) is 0. The molecule has 0 aliphatic carbocycles. The molecule has 134 valence electrons. The number of aliphatic carboxylic acids is 1. The van der Waals surface area contributed by atoms with Crippen LogP contribution in [-0.2, 0) is 16.0 Å². The van der Waals surface area contributed by atoms with Crippen LogP contribution in [0.15, 0.2) is 24.4 Å². The van der Waals surface area contributed by atoms with E-state index < -0.39 is 36.4 Å². The largest absolute Gasteiger partial charge is 0.481 e. The molecule has 2 N–H and O–H groups in total. The van der Waals surface area contributed by atoms with Crippen LogP contribution < -0.4 is 0 Å². The van der Waals surface area contributed by atoms with E-state index in [1.165, 1.54) is 0 Å². The number of amides is 1. The highest BCUT2D eigenvalue weighted by Gasteiger charge is 2.64. The number of likely N-dealkylation sites (tertiary alicyclic amines) is 1. The molecular weight excluding hydrogens is 337 g/mol. The third-order valence-corrected chi connectivity index (χ3v) is 4.91. The minimum Gasteiger partial charge on any atom is -0.481 e. The molecule has 1 saturated heterocycles. The van der Waals surface area contributed by atoms with E-state index in [0.29, 0.717) is 5.56 Å². The molecule has 1 amide bonds. The normalized spacial score (nSPS) is 21.0. The molecule has 1 unspecified atom stereocenters. The molecule has 0 bridgehead atoms. The van der Waals surface area contributed by atoms with Crippen molar-refractivity contribution < 1.29 is 27.9 Å². The number of H-pyrrole nitrogens is 1. The van der Waals surface area contributed by atoms with Crippen LogP contribution in [-0.4, -0.2) is 46.1 Å². The van der Waals surface area contributed by atoms with E-state index in [1.807, 2.05) is 25.1 Å². The number of rotatable bonds is 3. The first kappa shape index (κ1) is 17.3. The zero-order valence-electron chi connectivity index (χ0n) is 13.5. The first-order valence-electron chi connectivity index (χ1n) is 7.79. The summed E-state index contributed by atoms with van der Waals surface area (Å²) >= 11 is 0. The van der Waals surface area contributed by atoms with Crippen LogP contribution in [0.4, 0.5) is 13.2 Å². The maximum atomic E-state index is 13.2. The molecule has 0 radical (unpaired) electrons. The molecule has 1 aromatic carbocycles. The summed E-state index contributed by atoms with van der Waals surface area (Å²) in [6, 6.07) is 5.61. The van der Waals surface area contributed by atoms with E-state index >= 15 is 0 Å². The number of carboxylic acid groups (broad SMARTS) is 1. The Bertz CT molecular complexity index is 843. The van der Waals surface area contributed by atoms with E-state index in [0.717, 1.165) is 21.4 Å². The van der Waals surface area contributed by atoms with Crippen molar-refractivity contribution in [2.45, 2.75) is 25.9 Å². The number of aryl methyl sites for hydroxylation is 1. The Kier molecular flexibility index (Phi) is 4.01. The smallest absolute Gasteiger partial charge is 0.406 e. The number of carbonyl (C=O) groups is 2. The number of aromatic amines is 1. The van der Waals surface area contributed by atoms with Crippen molar-refractivity contribution in [2.75, 3.05) is 13.1 Å². The summed E-state index contributed by atoms with van der Waals surface area (Å²) < 4.78 is 39.7. The fourth-order valence-electron chi connectivity index (χ4n) is 3.42. The first-order valence-corrected chi connectivity index (χ1v) is 7.79. The minimum absolute atomic E-state index is 0.0710. The zero-order chi connectivity index (χ0) is 18.4. The Morgan fingerprint density at radius 1 is 1.36 bits per heavy atom. The van der Waals surface area contributed by atoms with Gasteiger partial charge in [0.1, 0.15) is 0 Å². The fraction of sp³-hybridized carbons (Fsp3) is 0.412. The summed E-state index contributed by atoms with van der Waals surface area (Å²) in [5.41, 5.74) is -0.380. The molecule has 0 spiro atoms. The number of hydrogen-bond donors (Lipinski definition) is 2. The molecule has 0 saturated carbocycles. The van der Waals surface area contributed by atoms with Crippen molar-refractivity contribution in [1.29, 1.82) is 0 Å². The monoisotopic (exact) mass is 354 g/mol. The van der Waals surface area contributed by atoms with Gasteiger partial charge in [-0.2, -0.15) is 13.2 Å². The summed E-state index contributed by atoms with van der Waals surface area (Å²) in [6.07, 6.45) is -3.92. The fourth-order valence-corrected chi connectivity index (χ4v) is 3.42. The lowest BCUT2D eigenvalue weighted by atomic mass is 9.86. The summed E-state index contributed by atoms with van der Waals surface area (Å²) in [5.74, 6) is -2.44. The molecule has 1 aliphatic rings. The topological polar surface area (TPSA) is 73.4 Å². The predicted molar refractivity (Wildman–Crippen MR) is 84.1 cm³/mol. The van der Waals surface area contributed by atoms with Gasteiger partial charge in [-0.3, -0.25) is 9.59 Å². The van der Waals surface area contributed by atoms with Crippen molar-refractivity contribution in [3.05, 3.63) is 35.5 Å². The number of aromatic nitrogens is 1. The molecule has 1 atom stereocenters. The number of carbonyl (C=O) groups excluding carboxylic acids is 1. The number of halogens is 3. The van der Waals surface area contributed by atoms with Gasteiger partial charge in [-0.25, -0.2) is 0 Å². The van der Waals surface area contributed by atoms with Crippen molar-refractivity contribution in [1.82, 2.24) is 9.88 Å². The van der Waals surface area contributed by atoms with E-state index in [-0.39, 0.29) is 13.0 Å². The highest BCUT2D eigenvalue weighted by molar-refractivity contribution is 5.91. The third kappa shape index (κ3) is 2.75. The van der Waals surface area contributed by atoms with Crippen LogP contribution in [0, 0.1) is 12.3 Å². The summed E-state index contributed by atoms with van der Waals surface area (Å²) in [4.78, 5) is 27.7. The molecule has 3 rings (SSSR count). The number of fused-ring (bicyclic) bond motifs is 1. The van der Waals surface area contributed by atoms with E-state index in [4.69, 9.17) is 5.11 Å². The lowest BCUT2D eigenvalue weighted by Crippen LogP contribution is -2.47. The molecular formula is C17H17F3N2O3. The summed E-state index contributed by atoms with van der Waals surface area (Å²) in [5, 5.41) is 9.94. The van der Waals surface area contributed by atoms with Gasteiger partial charge >= 0.3 is 12.1 Å². The Hall–Kier alpha value is -2.51. The van der Waals surface area contributed by atoms with Crippen LogP contribution in [0.5, 0.6) is 0 Å². The SMILES string of the molecule is Cc1cccc2[nH]cc(CC(=O)N3CCC(C(=O)O)(C(F)(F)F)C3)c12. The zero-order valence-corrected chi connectivity index (χ0v) is 13.5. The maximum absolute atomic E-state index is 13.2. The number of nitrogens with zero attached hydrogens (tertiary/aromatic N) is 1. The Balaban J connectivity index is 1.82. The van der Waals surface area contributed by atoms with E-state index in [1.54, 1.807) is 6.20 Å². The lowest BCUT2D eigenvalue weighted by Gasteiger charge is -2.27. The molecule has 1 fully saturated rings. The third-order valence-electron chi connectivity index (χ3n) is 4.91. The first-order chi connectivity index (χ1) is 11.7. The van der Waals surface area contributed by atoms with E-state index in [9.17, 15) is 22.8 Å². The standard InChI is InChI=1S/C17H17F3N2O3/c1-10-3-2-4-12-14(10)11(8-21-12)7-13(23)22-6-5-16(9-22,15(24)25)17(18,19)20/h2-4,8,21H,5-7,9H2,1H3,(H,24,25). The van der Waals surface area contributed by atoms with Gasteiger partial charge in [0.15, 0.2) is 5.41 Å². The van der Waals surface area contributed by atoms with Gasteiger partial charge in [0.2, 0.25) is 5.91 Å². The summed E-state index contributed by atoms with van der Waals surface area (Å²) in [6.45, 7) is 0.830. The van der Waals surface area contributed by atoms with Gasteiger partial charge in [-0.15, -0.1) is 0 Å². The van der Waals surface area contributed by atoms with Gasteiger partial charge < -0.3 is 15.0 Å². The van der Waals surface area contributed by atoms with Crippen molar-refractivity contribution in [3.63, 3.8) is 0 Å². The maximum Gasteiger partial charge on any atom is 0.406 e. The molecule has 25 heavy (non-hydrogen) atoms. The molecule has 1 aromatic heterocycles. The Labute approximate surface area is 141 Å². The van der Waals surface area contributed by atoms with E-state index in [2.05, 4.69) is 4.98 Å². The molecule has 2 heterocycles. The number of carboxylic acids is 1. The quantitative estimate of drug-likeness (QED) is 0.890. The van der Waals surface area contributed by atoms with Gasteiger partial charge in [-0.05, 0) is 30.5 Å². The lowest BCUT2D eigenvalue weighted by molar-refractivity contribution is -0.227. The predicted octanol–water partition coefficient (Wildman–Crippen LogP) is 2.88. The van der Waals surface area contributed by atoms with Crippen molar-refractivity contribution in [3.8, 4) is 0 Å². The molecule has 8 heteroatoms. The van der Waals surface area contributed by atoms with Gasteiger partial charge in [0, 0.05) is 30.2 Å². The van der Waals surface area contributed by atoms with Crippen LogP contribution in [0.1, 0.15) is 17.5 Å². The van der Waals surface area contributed by atoms with Crippen molar-refractivity contribution >= 4 is 22.8 Å². The second-order valence-electron chi connectivity index (χ2n) is 6.44. The number of hydrogen-bond acceptors (Lipinski definition) is 2. The average Bonchev–Trinajstić information content (AvgIpc) is 3.12. The van der Waals surface area contributed by atoms with Gasteiger partial charge in [-0.1, -0.05) is 12.1 Å². The number of alkyl halides is 3. The minimum atomic E-state index is -4.90. The number of nitrogens with one attached hydrogen (secondary N) is 1. The van der Waals surface area contributed by atoms with Gasteiger partial charge in [0.05, 0.1) is 6.42 Å². The van der Waals surface area contributed by atoms with Crippen molar-refractivity contribution in [2.24, 2.45) is 5.41 Å². The van der Waals surface area contributed by atoms with Crippen LogP contribution in [0.3, 0.4) is 0 Å². The highest BCUT2D eigenvalue weighted by atomic mass is 19.4. The second kappa shape index (κ2) is 5.79. The van der Waals surface area contributed by atoms with Gasteiger partial charge in [0.25, 0.3) is 0 Å². The van der Waals surface area contributed by atoms with Crippen LogP contribution in [0.25, 0.3) is 10.9 Å². The number of benzene rings is 1. The molecule has 5 nitrogen and oxygen atoms in total. The second-order valence-corrected chi connectivity index (χ2v) is 6.44. The molecule has 1 aliphatic heterocycles. The van der Waals surface area contributed by atoms with Crippen LogP contribution >= 0.6 is 0 Å². The molecule has 2 aromatic rings.